The van der Waals surface area contributed by atoms with E-state index in [1.54, 1.807) is 13.8 Å². The van der Waals surface area contributed by atoms with Crippen molar-refractivity contribution in [3.8, 4) is 0 Å². The van der Waals surface area contributed by atoms with Crippen molar-refractivity contribution < 1.29 is 18.0 Å². The minimum absolute atomic E-state index is 0.0140. The second kappa shape index (κ2) is 5.18. The van der Waals surface area contributed by atoms with Crippen LogP contribution in [0.15, 0.2) is 0 Å². The van der Waals surface area contributed by atoms with Crippen LogP contribution in [-0.2, 0) is 4.79 Å². The Morgan fingerprint density at radius 1 is 1.40 bits per heavy atom. The third-order valence-corrected chi connectivity index (χ3v) is 3.24. The van der Waals surface area contributed by atoms with Crippen molar-refractivity contribution in [2.75, 3.05) is 0 Å². The van der Waals surface area contributed by atoms with Gasteiger partial charge in [0, 0.05) is 16.8 Å². The molecule has 0 spiro atoms. The Bertz CT molecular complexity index is 226. The van der Waals surface area contributed by atoms with Crippen molar-refractivity contribution >= 4 is 21.8 Å². The van der Waals surface area contributed by atoms with Crippen LogP contribution in [0.1, 0.15) is 33.6 Å². The van der Waals surface area contributed by atoms with Gasteiger partial charge in [-0.25, -0.2) is 0 Å². The van der Waals surface area contributed by atoms with E-state index < -0.39 is 30.5 Å². The van der Waals surface area contributed by atoms with Gasteiger partial charge in [-0.05, 0) is 13.8 Å². The maximum Gasteiger partial charge on any atom is 0.389 e. The standard InChI is InChI=1S/C9H15BrF3NO/c1-6(10)8(2,3)14-7(15)4-5-9(11,12)13/h6H,4-5H2,1-3H3,(H,14,15). The molecule has 90 valence electrons. The first-order chi connectivity index (χ1) is 6.54. The zero-order valence-corrected chi connectivity index (χ0v) is 10.5. The van der Waals surface area contributed by atoms with E-state index in [-0.39, 0.29) is 4.83 Å². The van der Waals surface area contributed by atoms with Crippen LogP contribution in [0.3, 0.4) is 0 Å². The Hall–Kier alpha value is -0.260. The first-order valence-corrected chi connectivity index (χ1v) is 5.48. The highest BCUT2D eigenvalue weighted by Gasteiger charge is 2.30. The van der Waals surface area contributed by atoms with Crippen LogP contribution < -0.4 is 5.32 Å². The molecule has 15 heavy (non-hydrogen) atoms. The minimum atomic E-state index is -4.28. The van der Waals surface area contributed by atoms with E-state index in [2.05, 4.69) is 21.2 Å². The summed E-state index contributed by atoms with van der Waals surface area (Å²) in [5.74, 6) is -0.580. The zero-order chi connectivity index (χ0) is 12.3. The lowest BCUT2D eigenvalue weighted by Gasteiger charge is -2.29. The van der Waals surface area contributed by atoms with Gasteiger partial charge in [-0.2, -0.15) is 13.2 Å². The Balaban J connectivity index is 4.05. The van der Waals surface area contributed by atoms with Crippen molar-refractivity contribution in [3.05, 3.63) is 0 Å². The summed E-state index contributed by atoms with van der Waals surface area (Å²) in [6.07, 6.45) is -5.88. The van der Waals surface area contributed by atoms with Gasteiger partial charge in [0.25, 0.3) is 0 Å². The molecule has 0 radical (unpaired) electrons. The summed E-state index contributed by atoms with van der Waals surface area (Å²) in [6, 6.07) is 0. The van der Waals surface area contributed by atoms with Crippen LogP contribution in [-0.4, -0.2) is 22.4 Å². The number of amides is 1. The minimum Gasteiger partial charge on any atom is -0.350 e. The first kappa shape index (κ1) is 14.7. The van der Waals surface area contributed by atoms with Crippen molar-refractivity contribution in [2.45, 2.75) is 50.2 Å². The van der Waals surface area contributed by atoms with Gasteiger partial charge in [-0.15, -0.1) is 0 Å². The molecule has 0 fully saturated rings. The van der Waals surface area contributed by atoms with E-state index in [1.807, 2.05) is 6.92 Å². The molecule has 0 saturated heterocycles. The summed E-state index contributed by atoms with van der Waals surface area (Å²) >= 11 is 3.28. The lowest BCUT2D eigenvalue weighted by Crippen LogP contribution is -2.48. The Morgan fingerprint density at radius 2 is 1.87 bits per heavy atom. The molecule has 0 bridgehead atoms. The molecule has 2 nitrogen and oxygen atoms in total. The smallest absolute Gasteiger partial charge is 0.350 e. The maximum atomic E-state index is 11.8. The average Bonchev–Trinajstić information content (AvgIpc) is 1.98. The largest absolute Gasteiger partial charge is 0.389 e. The number of carbonyl (C=O) groups excluding carboxylic acids is 1. The van der Waals surface area contributed by atoms with E-state index in [9.17, 15) is 18.0 Å². The highest BCUT2D eigenvalue weighted by molar-refractivity contribution is 9.09. The van der Waals surface area contributed by atoms with Gasteiger partial charge >= 0.3 is 6.18 Å². The molecule has 0 aliphatic rings. The van der Waals surface area contributed by atoms with Crippen LogP contribution in [0.2, 0.25) is 0 Å². The topological polar surface area (TPSA) is 29.1 Å². The number of hydrogen-bond donors (Lipinski definition) is 1. The number of alkyl halides is 4. The monoisotopic (exact) mass is 289 g/mol. The number of carbonyl (C=O) groups is 1. The fourth-order valence-electron chi connectivity index (χ4n) is 0.777. The van der Waals surface area contributed by atoms with Gasteiger partial charge in [0.2, 0.25) is 5.91 Å². The summed E-state index contributed by atoms with van der Waals surface area (Å²) < 4.78 is 35.5. The van der Waals surface area contributed by atoms with Crippen molar-refractivity contribution in [1.82, 2.24) is 5.32 Å². The maximum absolute atomic E-state index is 11.8. The van der Waals surface area contributed by atoms with Crippen LogP contribution in [0.4, 0.5) is 13.2 Å². The summed E-state index contributed by atoms with van der Waals surface area (Å²) in [7, 11) is 0. The molecule has 0 heterocycles. The third-order valence-electron chi connectivity index (χ3n) is 2.09. The predicted molar refractivity (Wildman–Crippen MR) is 55.9 cm³/mol. The van der Waals surface area contributed by atoms with Crippen molar-refractivity contribution in [1.29, 1.82) is 0 Å². The molecule has 0 saturated carbocycles. The highest BCUT2D eigenvalue weighted by atomic mass is 79.9. The average molecular weight is 290 g/mol. The number of halogens is 4. The van der Waals surface area contributed by atoms with E-state index in [1.165, 1.54) is 0 Å². The zero-order valence-electron chi connectivity index (χ0n) is 8.91. The van der Waals surface area contributed by atoms with Crippen LogP contribution in [0, 0.1) is 0 Å². The van der Waals surface area contributed by atoms with Crippen LogP contribution in [0.5, 0.6) is 0 Å². The summed E-state index contributed by atoms with van der Waals surface area (Å²) in [6.45, 7) is 5.32. The molecule has 0 aromatic rings. The molecule has 6 heteroatoms. The van der Waals surface area contributed by atoms with Gasteiger partial charge in [0.1, 0.15) is 0 Å². The van der Waals surface area contributed by atoms with Gasteiger partial charge in [0.05, 0.1) is 6.42 Å². The molecule has 1 N–H and O–H groups in total. The molecule has 0 aliphatic heterocycles. The van der Waals surface area contributed by atoms with E-state index in [0.717, 1.165) is 0 Å². The van der Waals surface area contributed by atoms with E-state index in [0.29, 0.717) is 0 Å². The van der Waals surface area contributed by atoms with Crippen LogP contribution >= 0.6 is 15.9 Å². The second-order valence-electron chi connectivity index (χ2n) is 4.00. The lowest BCUT2D eigenvalue weighted by atomic mass is 10.0. The lowest BCUT2D eigenvalue weighted by molar-refractivity contribution is -0.144. The molecule has 1 atom stereocenters. The molecular formula is C9H15BrF3NO. The predicted octanol–water partition coefficient (Wildman–Crippen LogP) is 3.01. The molecule has 0 rings (SSSR count). The normalized spacial score (nSPS) is 14.9. The summed E-state index contributed by atoms with van der Waals surface area (Å²) in [5.41, 5.74) is -0.553. The Morgan fingerprint density at radius 3 is 2.20 bits per heavy atom. The highest BCUT2D eigenvalue weighted by Crippen LogP contribution is 2.22. The van der Waals surface area contributed by atoms with Crippen LogP contribution in [0.25, 0.3) is 0 Å². The Kier molecular flexibility index (Phi) is 5.09. The quantitative estimate of drug-likeness (QED) is 0.792. The molecule has 0 aromatic carbocycles. The van der Waals surface area contributed by atoms with E-state index >= 15 is 0 Å². The van der Waals surface area contributed by atoms with Gasteiger partial charge in [-0.3, -0.25) is 4.79 Å². The first-order valence-electron chi connectivity index (χ1n) is 4.56. The van der Waals surface area contributed by atoms with Gasteiger partial charge in [-0.1, -0.05) is 22.9 Å². The van der Waals surface area contributed by atoms with Crippen molar-refractivity contribution in [3.63, 3.8) is 0 Å². The number of hydrogen-bond acceptors (Lipinski definition) is 1. The molecular weight excluding hydrogens is 275 g/mol. The fourth-order valence-corrected chi connectivity index (χ4v) is 0.891. The van der Waals surface area contributed by atoms with Crippen molar-refractivity contribution in [2.24, 2.45) is 0 Å². The second-order valence-corrected chi connectivity index (χ2v) is 5.37. The molecule has 1 amide bonds. The fraction of sp³-hybridized carbons (Fsp3) is 0.889. The van der Waals surface area contributed by atoms with Gasteiger partial charge < -0.3 is 5.32 Å². The molecule has 1 unspecified atom stereocenters. The molecule has 0 aromatic heterocycles. The van der Waals surface area contributed by atoms with Gasteiger partial charge in [0.15, 0.2) is 0 Å². The van der Waals surface area contributed by atoms with E-state index in [4.69, 9.17) is 0 Å². The number of rotatable bonds is 4. The summed E-state index contributed by atoms with van der Waals surface area (Å²) in [5, 5.41) is 2.54. The third kappa shape index (κ3) is 6.76. The summed E-state index contributed by atoms with van der Waals surface area (Å²) in [4.78, 5) is 11.2. The Labute approximate surface area is 95.7 Å². The SMILES string of the molecule is CC(Br)C(C)(C)NC(=O)CCC(F)(F)F. The molecule has 0 aliphatic carbocycles. The number of nitrogens with one attached hydrogen (secondary N) is 1.